The second-order valence-electron chi connectivity index (χ2n) is 13.1. The number of benzene rings is 6. The van der Waals surface area contributed by atoms with E-state index in [1.807, 2.05) is 0 Å². The first-order chi connectivity index (χ1) is 24.3. The summed E-state index contributed by atoms with van der Waals surface area (Å²) in [7, 11) is 0. The summed E-state index contributed by atoms with van der Waals surface area (Å²) in [6.07, 6.45) is 14.7. The maximum atomic E-state index is 5.60. The fourth-order valence-electron chi connectivity index (χ4n) is 7.79. The maximum absolute atomic E-state index is 5.60. The quantitative estimate of drug-likeness (QED) is 0.178. The van der Waals surface area contributed by atoms with Gasteiger partial charge in [0.2, 0.25) is 0 Å². The van der Waals surface area contributed by atoms with Crippen LogP contribution in [-0.2, 0) is 0 Å². The average molecular weight is 625 g/mol. The van der Waals surface area contributed by atoms with Crippen molar-refractivity contribution in [1.82, 2.24) is 9.38 Å². The molecule has 0 saturated heterocycles. The van der Waals surface area contributed by atoms with Crippen LogP contribution in [0, 0.1) is 5.92 Å². The Morgan fingerprint density at radius 2 is 1.27 bits per heavy atom. The standard InChI is InChI=1S/C47H32N2/c1-2-10-31(11-3-1)34-18-20-35(21-19-34)38-26-27-41-42-16-8-9-17-44(42)49-46(40-25-23-33-13-5-7-15-37(33)29-40)45(48-47(49)43(41)30-38)39-24-22-32-12-4-6-14-36(32)28-39/h1-13,15-30,36H,14H2. The largest absolute Gasteiger partial charge is 0.291 e. The molecule has 0 N–H and O–H groups in total. The lowest BCUT2D eigenvalue weighted by atomic mass is 9.84. The van der Waals surface area contributed by atoms with Gasteiger partial charge in [-0.05, 0) is 74.2 Å². The van der Waals surface area contributed by atoms with Crippen LogP contribution in [0.15, 0.2) is 182 Å². The normalized spacial score (nSPS) is 15.6. The van der Waals surface area contributed by atoms with Gasteiger partial charge in [-0.3, -0.25) is 4.40 Å². The fraction of sp³-hybridized carbons (Fsp3) is 0.0426. The van der Waals surface area contributed by atoms with Crippen molar-refractivity contribution in [2.75, 3.05) is 0 Å². The van der Waals surface area contributed by atoms with Crippen LogP contribution in [0.5, 0.6) is 0 Å². The zero-order valence-corrected chi connectivity index (χ0v) is 26.9. The highest BCUT2D eigenvalue weighted by Gasteiger charge is 2.24. The van der Waals surface area contributed by atoms with Gasteiger partial charge in [-0.25, -0.2) is 4.98 Å². The highest BCUT2D eigenvalue weighted by Crippen LogP contribution is 2.42. The van der Waals surface area contributed by atoms with E-state index >= 15 is 0 Å². The number of rotatable bonds is 4. The molecular formula is C47H32N2. The summed E-state index contributed by atoms with van der Waals surface area (Å²) in [6.45, 7) is 0. The lowest BCUT2D eigenvalue weighted by Gasteiger charge is -2.21. The fourth-order valence-corrected chi connectivity index (χ4v) is 7.79. The van der Waals surface area contributed by atoms with Crippen molar-refractivity contribution in [2.24, 2.45) is 5.92 Å². The molecule has 1 atom stereocenters. The van der Waals surface area contributed by atoms with Crippen molar-refractivity contribution in [3.05, 3.63) is 187 Å². The minimum absolute atomic E-state index is 0.359. The van der Waals surface area contributed by atoms with E-state index < -0.39 is 0 Å². The first kappa shape index (κ1) is 27.8. The third kappa shape index (κ3) is 4.60. The Morgan fingerprint density at radius 3 is 2.14 bits per heavy atom. The van der Waals surface area contributed by atoms with Crippen LogP contribution in [0.2, 0.25) is 0 Å². The van der Waals surface area contributed by atoms with Gasteiger partial charge < -0.3 is 0 Å². The van der Waals surface area contributed by atoms with Crippen LogP contribution in [0.1, 0.15) is 12.1 Å². The Morgan fingerprint density at radius 1 is 0.551 bits per heavy atom. The van der Waals surface area contributed by atoms with Crippen LogP contribution in [0.25, 0.3) is 77.2 Å². The molecule has 1 unspecified atom stereocenters. The molecule has 2 aliphatic rings. The molecule has 0 spiro atoms. The molecular weight excluding hydrogens is 593 g/mol. The van der Waals surface area contributed by atoms with Crippen molar-refractivity contribution in [2.45, 2.75) is 6.42 Å². The van der Waals surface area contributed by atoms with Crippen LogP contribution < -0.4 is 0 Å². The van der Waals surface area contributed by atoms with Crippen LogP contribution in [-0.4, -0.2) is 9.38 Å². The minimum atomic E-state index is 0.359. The molecule has 0 aliphatic heterocycles. The van der Waals surface area contributed by atoms with Gasteiger partial charge in [0.05, 0.1) is 16.9 Å². The predicted octanol–water partition coefficient (Wildman–Crippen LogP) is 12.3. The minimum Gasteiger partial charge on any atom is -0.291 e. The Hall–Kier alpha value is -6.25. The predicted molar refractivity (Wildman–Crippen MR) is 206 cm³/mol. The lowest BCUT2D eigenvalue weighted by Crippen LogP contribution is -2.06. The second-order valence-corrected chi connectivity index (χ2v) is 13.1. The third-order valence-corrected chi connectivity index (χ3v) is 10.3. The molecule has 230 valence electrons. The van der Waals surface area contributed by atoms with Gasteiger partial charge in [-0.1, -0.05) is 158 Å². The van der Waals surface area contributed by atoms with Gasteiger partial charge in [-0.15, -0.1) is 0 Å². The number of para-hydroxylation sites is 1. The Labute approximate surface area is 285 Å². The van der Waals surface area contributed by atoms with E-state index in [1.165, 1.54) is 54.9 Å². The van der Waals surface area contributed by atoms with Gasteiger partial charge >= 0.3 is 0 Å². The number of pyridine rings is 1. The number of hydrogen-bond acceptors (Lipinski definition) is 1. The molecule has 2 nitrogen and oxygen atoms in total. The molecule has 0 radical (unpaired) electrons. The Kier molecular flexibility index (Phi) is 6.35. The summed E-state index contributed by atoms with van der Waals surface area (Å²) in [6, 6.07) is 50.6. The average Bonchev–Trinajstić information content (AvgIpc) is 3.59. The Balaban J connectivity index is 1.24. The number of fused-ring (bicyclic) bond motifs is 8. The summed E-state index contributed by atoms with van der Waals surface area (Å²) in [4.78, 5) is 5.60. The maximum Gasteiger partial charge on any atom is 0.146 e. The number of imidazole rings is 1. The van der Waals surface area contributed by atoms with E-state index in [0.717, 1.165) is 39.9 Å². The summed E-state index contributed by atoms with van der Waals surface area (Å²) in [5.41, 5.74) is 12.8. The highest BCUT2D eigenvalue weighted by atomic mass is 15.0. The molecule has 2 heteroatoms. The van der Waals surface area contributed by atoms with Crippen molar-refractivity contribution in [1.29, 1.82) is 0 Å². The SMILES string of the molecule is C1=CCC2C=C(c3nc4c5cc(-c6ccc(-c7ccccc7)cc6)ccc5c5ccccc5n4c3-c3ccc4ccccc4c3)C=CC2=C1. The zero-order chi connectivity index (χ0) is 32.3. The molecule has 2 aliphatic carbocycles. The molecule has 10 rings (SSSR count). The van der Waals surface area contributed by atoms with Gasteiger partial charge in [-0.2, -0.15) is 0 Å². The topological polar surface area (TPSA) is 17.3 Å². The second kappa shape index (κ2) is 11.2. The van der Waals surface area contributed by atoms with E-state index in [9.17, 15) is 0 Å². The van der Waals surface area contributed by atoms with Gasteiger partial charge in [0.1, 0.15) is 5.65 Å². The van der Waals surface area contributed by atoms with Crippen LogP contribution in [0.3, 0.4) is 0 Å². The molecule has 2 aromatic heterocycles. The van der Waals surface area contributed by atoms with Gasteiger partial charge in [0.25, 0.3) is 0 Å². The highest BCUT2D eigenvalue weighted by molar-refractivity contribution is 6.14. The van der Waals surface area contributed by atoms with E-state index in [4.69, 9.17) is 4.98 Å². The number of nitrogens with zero attached hydrogens (tertiary/aromatic N) is 2. The first-order valence-electron chi connectivity index (χ1n) is 17.1. The van der Waals surface area contributed by atoms with Crippen molar-refractivity contribution in [3.8, 4) is 33.5 Å². The number of hydrogen-bond donors (Lipinski definition) is 0. The van der Waals surface area contributed by atoms with Gasteiger partial charge in [0, 0.05) is 22.3 Å². The molecule has 2 heterocycles. The monoisotopic (exact) mass is 624 g/mol. The molecule has 0 saturated carbocycles. The van der Waals surface area contributed by atoms with Gasteiger partial charge in [0.15, 0.2) is 0 Å². The molecule has 0 bridgehead atoms. The van der Waals surface area contributed by atoms with E-state index in [1.54, 1.807) is 0 Å². The molecule has 6 aromatic carbocycles. The lowest BCUT2D eigenvalue weighted by molar-refractivity contribution is 0.782. The summed E-state index contributed by atoms with van der Waals surface area (Å²) in [5.74, 6) is 0.359. The van der Waals surface area contributed by atoms with Crippen LogP contribution >= 0.6 is 0 Å². The molecule has 0 amide bonds. The third-order valence-electron chi connectivity index (χ3n) is 10.3. The van der Waals surface area contributed by atoms with E-state index in [0.29, 0.717) is 5.92 Å². The molecule has 8 aromatic rings. The van der Waals surface area contributed by atoms with E-state index in [-0.39, 0.29) is 0 Å². The zero-order valence-electron chi connectivity index (χ0n) is 26.9. The van der Waals surface area contributed by atoms with Crippen molar-refractivity contribution >= 4 is 43.7 Å². The van der Waals surface area contributed by atoms with E-state index in [2.05, 4.69) is 180 Å². The summed E-state index contributed by atoms with van der Waals surface area (Å²) >= 11 is 0. The number of aromatic nitrogens is 2. The Bertz CT molecular complexity index is 2720. The molecule has 0 fully saturated rings. The summed E-state index contributed by atoms with van der Waals surface area (Å²) < 4.78 is 2.42. The summed E-state index contributed by atoms with van der Waals surface area (Å²) in [5, 5.41) is 6.05. The first-order valence-corrected chi connectivity index (χ1v) is 17.1. The van der Waals surface area contributed by atoms with Crippen molar-refractivity contribution < 1.29 is 0 Å². The van der Waals surface area contributed by atoms with Crippen molar-refractivity contribution in [3.63, 3.8) is 0 Å². The number of allylic oxidation sites excluding steroid dienone is 8. The molecule has 49 heavy (non-hydrogen) atoms. The smallest absolute Gasteiger partial charge is 0.146 e. The van der Waals surface area contributed by atoms with Crippen LogP contribution in [0.4, 0.5) is 0 Å².